The van der Waals surface area contributed by atoms with Crippen molar-refractivity contribution in [1.29, 1.82) is 0 Å². The van der Waals surface area contributed by atoms with Gasteiger partial charge in [0.05, 0.1) is 16.7 Å². The lowest BCUT2D eigenvalue weighted by Crippen LogP contribution is -2.32. The molecule has 3 aromatic rings. The molecule has 5 nitrogen and oxygen atoms in total. The van der Waals surface area contributed by atoms with Gasteiger partial charge < -0.3 is 4.98 Å². The third-order valence-corrected chi connectivity index (χ3v) is 3.72. The van der Waals surface area contributed by atoms with Crippen molar-refractivity contribution in [1.82, 2.24) is 9.97 Å². The number of nitrogens with one attached hydrogen (secondary N) is 1. The maximum absolute atomic E-state index is 12.2. The van der Waals surface area contributed by atoms with E-state index >= 15 is 0 Å². The van der Waals surface area contributed by atoms with Crippen LogP contribution >= 0.6 is 0 Å². The normalized spacial score (nSPS) is 15.2. The van der Waals surface area contributed by atoms with Crippen molar-refractivity contribution in [2.24, 2.45) is 5.10 Å². The number of hydrogen-bond donors (Lipinski definition) is 1. The van der Waals surface area contributed by atoms with E-state index in [-0.39, 0.29) is 5.91 Å². The Morgan fingerprint density at radius 3 is 2.55 bits per heavy atom. The maximum Gasteiger partial charge on any atom is 0.250 e. The summed E-state index contributed by atoms with van der Waals surface area (Å²) < 4.78 is 0. The number of H-pyrrole nitrogens is 1. The van der Waals surface area contributed by atoms with Crippen LogP contribution in [0.2, 0.25) is 0 Å². The molecule has 4 rings (SSSR count). The van der Waals surface area contributed by atoms with Crippen LogP contribution in [0.3, 0.4) is 0 Å². The summed E-state index contributed by atoms with van der Waals surface area (Å²) in [6.07, 6.45) is 1.09. The Labute approximate surface area is 127 Å². The second kappa shape index (κ2) is 5.11. The fourth-order valence-electron chi connectivity index (χ4n) is 2.60. The van der Waals surface area contributed by atoms with Crippen molar-refractivity contribution in [3.8, 4) is 0 Å². The van der Waals surface area contributed by atoms with Gasteiger partial charge in [0, 0.05) is 12.8 Å². The van der Waals surface area contributed by atoms with Crippen molar-refractivity contribution < 1.29 is 4.79 Å². The van der Waals surface area contributed by atoms with Crippen molar-refractivity contribution in [3.63, 3.8) is 0 Å². The van der Waals surface area contributed by atoms with E-state index in [9.17, 15) is 4.79 Å². The summed E-state index contributed by atoms with van der Waals surface area (Å²) in [5.74, 6) is 0.429. The number of aromatic nitrogens is 2. The van der Waals surface area contributed by atoms with Crippen LogP contribution in [-0.4, -0.2) is 21.6 Å². The van der Waals surface area contributed by atoms with Crippen LogP contribution in [0, 0.1) is 0 Å². The summed E-state index contributed by atoms with van der Waals surface area (Å²) >= 11 is 0. The molecule has 5 heteroatoms. The Bertz CT molecular complexity index is 834. The molecule has 108 valence electrons. The molecule has 0 bridgehead atoms. The number of carbonyl (C=O) groups is 1. The van der Waals surface area contributed by atoms with Crippen LogP contribution in [0.4, 0.5) is 5.95 Å². The lowest BCUT2D eigenvalue weighted by Gasteiger charge is -2.21. The van der Waals surface area contributed by atoms with E-state index in [2.05, 4.69) is 15.1 Å². The minimum Gasteiger partial charge on any atom is -0.322 e. The van der Waals surface area contributed by atoms with Crippen LogP contribution in [0.15, 0.2) is 59.7 Å². The van der Waals surface area contributed by atoms with Gasteiger partial charge in [0.25, 0.3) is 0 Å². The first-order valence-corrected chi connectivity index (χ1v) is 7.22. The minimum atomic E-state index is -0.0428. The van der Waals surface area contributed by atoms with Gasteiger partial charge in [-0.05, 0) is 17.7 Å². The Morgan fingerprint density at radius 2 is 1.73 bits per heavy atom. The van der Waals surface area contributed by atoms with Crippen molar-refractivity contribution in [2.75, 3.05) is 5.01 Å². The number of amides is 1. The number of hydrogen-bond acceptors (Lipinski definition) is 3. The summed E-state index contributed by atoms with van der Waals surface area (Å²) in [6.45, 7) is 0. The fourth-order valence-corrected chi connectivity index (χ4v) is 2.60. The van der Waals surface area contributed by atoms with Crippen LogP contribution < -0.4 is 5.01 Å². The maximum atomic E-state index is 12.2. The van der Waals surface area contributed by atoms with E-state index in [0.717, 1.165) is 22.3 Å². The first kappa shape index (κ1) is 12.8. The summed E-state index contributed by atoms with van der Waals surface area (Å²) in [5.41, 5.74) is 3.66. The highest BCUT2D eigenvalue weighted by atomic mass is 16.2. The molecule has 1 aromatic heterocycles. The number of rotatable bonds is 2. The molecule has 0 spiro atoms. The molecular weight excluding hydrogens is 276 g/mol. The zero-order valence-corrected chi connectivity index (χ0v) is 11.9. The highest BCUT2D eigenvalue weighted by molar-refractivity contribution is 6.08. The monoisotopic (exact) mass is 290 g/mol. The molecule has 0 saturated carbocycles. The van der Waals surface area contributed by atoms with E-state index in [1.807, 2.05) is 54.6 Å². The largest absolute Gasteiger partial charge is 0.322 e. The average molecular weight is 290 g/mol. The fraction of sp³-hybridized carbons (Fsp3) is 0.118. The molecular formula is C17H14N4O. The zero-order valence-electron chi connectivity index (χ0n) is 11.9. The third kappa shape index (κ3) is 2.16. The predicted octanol–water partition coefficient (Wildman–Crippen LogP) is 3.09. The number of para-hydroxylation sites is 2. The molecule has 1 N–H and O–H groups in total. The van der Waals surface area contributed by atoms with Crippen LogP contribution in [-0.2, 0) is 4.79 Å². The lowest BCUT2D eigenvalue weighted by atomic mass is 10.0. The number of carbonyl (C=O) groups excluding carboxylic acids is 1. The van der Waals surface area contributed by atoms with E-state index in [4.69, 9.17) is 0 Å². The Kier molecular flexibility index (Phi) is 2.96. The minimum absolute atomic E-state index is 0.0428. The lowest BCUT2D eigenvalue weighted by molar-refractivity contribution is -0.118. The van der Waals surface area contributed by atoms with Gasteiger partial charge >= 0.3 is 0 Å². The number of anilines is 1. The molecule has 2 aromatic carbocycles. The number of benzene rings is 2. The Morgan fingerprint density at radius 1 is 0.955 bits per heavy atom. The van der Waals surface area contributed by atoms with Crippen molar-refractivity contribution >= 4 is 28.6 Å². The number of imidazole rings is 1. The second-order valence-electron chi connectivity index (χ2n) is 5.20. The molecule has 0 aliphatic carbocycles. The van der Waals surface area contributed by atoms with Crippen LogP contribution in [0.1, 0.15) is 18.4 Å². The van der Waals surface area contributed by atoms with Crippen molar-refractivity contribution in [3.05, 3.63) is 60.2 Å². The molecule has 1 amide bonds. The average Bonchev–Trinajstić information content (AvgIpc) is 3.00. The van der Waals surface area contributed by atoms with Gasteiger partial charge in [-0.25, -0.2) is 4.98 Å². The summed E-state index contributed by atoms with van der Waals surface area (Å²) in [5, 5.41) is 5.89. The molecule has 1 aliphatic rings. The van der Waals surface area contributed by atoms with Gasteiger partial charge in [0.15, 0.2) is 0 Å². The number of aromatic amines is 1. The smallest absolute Gasteiger partial charge is 0.250 e. The van der Waals surface area contributed by atoms with E-state index in [1.165, 1.54) is 5.01 Å². The summed E-state index contributed by atoms with van der Waals surface area (Å²) in [4.78, 5) is 19.8. The first-order chi connectivity index (χ1) is 10.8. The van der Waals surface area contributed by atoms with E-state index in [1.54, 1.807) is 0 Å². The van der Waals surface area contributed by atoms with Gasteiger partial charge in [0.2, 0.25) is 11.9 Å². The summed E-state index contributed by atoms with van der Waals surface area (Å²) in [7, 11) is 0. The molecule has 0 atom stereocenters. The molecule has 0 saturated heterocycles. The number of hydrazone groups is 1. The predicted molar refractivity (Wildman–Crippen MR) is 85.8 cm³/mol. The van der Waals surface area contributed by atoms with Crippen LogP contribution in [0.5, 0.6) is 0 Å². The Balaban J connectivity index is 1.77. The zero-order chi connectivity index (χ0) is 14.9. The highest BCUT2D eigenvalue weighted by Crippen LogP contribution is 2.22. The molecule has 22 heavy (non-hydrogen) atoms. The van der Waals surface area contributed by atoms with Gasteiger partial charge in [-0.1, -0.05) is 42.5 Å². The topological polar surface area (TPSA) is 61.4 Å². The standard InChI is InChI=1S/C17H14N4O/c22-16-11-10-13(12-6-2-1-3-7-12)20-21(16)17-18-14-8-4-5-9-15(14)19-17/h1-9H,10-11H2,(H,18,19). The Hall–Kier alpha value is -2.95. The van der Waals surface area contributed by atoms with Crippen molar-refractivity contribution in [2.45, 2.75) is 12.8 Å². The van der Waals surface area contributed by atoms with E-state index in [0.29, 0.717) is 18.8 Å². The SMILES string of the molecule is O=C1CCC(c2ccccc2)=NN1c1nc2ccccc2[nH]1. The van der Waals surface area contributed by atoms with Gasteiger partial charge in [-0.2, -0.15) is 10.1 Å². The van der Waals surface area contributed by atoms with Crippen LogP contribution in [0.25, 0.3) is 11.0 Å². The van der Waals surface area contributed by atoms with Gasteiger partial charge in [-0.3, -0.25) is 4.79 Å². The molecule has 0 fully saturated rings. The van der Waals surface area contributed by atoms with E-state index < -0.39 is 0 Å². The molecule has 0 radical (unpaired) electrons. The molecule has 1 aliphatic heterocycles. The van der Waals surface area contributed by atoms with Gasteiger partial charge in [-0.15, -0.1) is 0 Å². The summed E-state index contributed by atoms with van der Waals surface area (Å²) in [6, 6.07) is 17.6. The molecule has 0 unspecified atom stereocenters. The third-order valence-electron chi connectivity index (χ3n) is 3.72. The highest BCUT2D eigenvalue weighted by Gasteiger charge is 2.24. The number of nitrogens with zero attached hydrogens (tertiary/aromatic N) is 3. The second-order valence-corrected chi connectivity index (χ2v) is 5.20. The number of fused-ring (bicyclic) bond motifs is 1. The first-order valence-electron chi connectivity index (χ1n) is 7.22. The quantitative estimate of drug-likeness (QED) is 0.788. The van der Waals surface area contributed by atoms with Gasteiger partial charge in [0.1, 0.15) is 0 Å². The molecule has 2 heterocycles.